The van der Waals surface area contributed by atoms with Crippen molar-refractivity contribution in [2.45, 2.75) is 82.9 Å². The smallest absolute Gasteiger partial charge is 0.241 e. The third-order valence-electron chi connectivity index (χ3n) is 7.10. The van der Waals surface area contributed by atoms with E-state index in [-0.39, 0.29) is 17.2 Å². The second kappa shape index (κ2) is 11.7. The summed E-state index contributed by atoms with van der Waals surface area (Å²) in [4.78, 5) is 19.5. The van der Waals surface area contributed by atoms with Crippen molar-refractivity contribution in [2.24, 2.45) is 5.92 Å². The van der Waals surface area contributed by atoms with E-state index in [0.717, 1.165) is 49.0 Å². The minimum absolute atomic E-state index is 0.121. The Labute approximate surface area is 208 Å². The van der Waals surface area contributed by atoms with Crippen molar-refractivity contribution in [3.63, 3.8) is 0 Å². The topological polar surface area (TPSA) is 71.3 Å². The number of carbonyl (C=O) groups excluding carboxylic acids is 1. The average Bonchev–Trinajstić information content (AvgIpc) is 3.31. The van der Waals surface area contributed by atoms with E-state index in [4.69, 9.17) is 4.52 Å². The number of nitrogens with one attached hydrogen (secondary N) is 1. The van der Waals surface area contributed by atoms with Gasteiger partial charge in [0.2, 0.25) is 17.6 Å². The largest absolute Gasteiger partial charge is 0.355 e. The molecule has 1 saturated carbocycles. The highest BCUT2D eigenvalue weighted by molar-refractivity contribution is 7.99. The molecule has 7 heteroatoms. The van der Waals surface area contributed by atoms with Crippen LogP contribution in [0, 0.1) is 5.92 Å². The zero-order valence-corrected chi connectivity index (χ0v) is 21.8. The molecule has 2 aromatic rings. The van der Waals surface area contributed by atoms with Crippen LogP contribution >= 0.6 is 11.8 Å². The highest BCUT2D eigenvalue weighted by Crippen LogP contribution is 2.28. The van der Waals surface area contributed by atoms with Gasteiger partial charge in [-0.05, 0) is 49.8 Å². The third kappa shape index (κ3) is 7.08. The number of likely N-dealkylation sites (tertiary alicyclic amines) is 1. The van der Waals surface area contributed by atoms with Crippen LogP contribution in [-0.4, -0.2) is 51.6 Å². The van der Waals surface area contributed by atoms with Gasteiger partial charge < -0.3 is 9.84 Å². The van der Waals surface area contributed by atoms with Gasteiger partial charge in [0.1, 0.15) is 0 Å². The lowest BCUT2D eigenvalue weighted by Gasteiger charge is -2.30. The summed E-state index contributed by atoms with van der Waals surface area (Å²) >= 11 is 2.04. The zero-order chi connectivity index (χ0) is 24.0. The number of rotatable bonds is 8. The number of thioether (sulfide) groups is 1. The van der Waals surface area contributed by atoms with Crippen LogP contribution in [0.1, 0.15) is 77.2 Å². The van der Waals surface area contributed by atoms with Crippen molar-refractivity contribution >= 4 is 17.7 Å². The van der Waals surface area contributed by atoms with Crippen LogP contribution in [0.3, 0.4) is 0 Å². The summed E-state index contributed by atoms with van der Waals surface area (Å²) in [5.41, 5.74) is 2.38. The van der Waals surface area contributed by atoms with Gasteiger partial charge in [0, 0.05) is 29.0 Å². The van der Waals surface area contributed by atoms with E-state index < -0.39 is 0 Å². The molecule has 1 saturated heterocycles. The number of carbonyl (C=O) groups is 1. The quantitative estimate of drug-likeness (QED) is 0.504. The molecule has 34 heavy (non-hydrogen) atoms. The molecule has 186 valence electrons. The van der Waals surface area contributed by atoms with Gasteiger partial charge in [-0.1, -0.05) is 69.5 Å². The summed E-state index contributed by atoms with van der Waals surface area (Å²) in [6, 6.07) is 8.39. The molecule has 0 radical (unpaired) electrons. The Kier molecular flexibility index (Phi) is 8.70. The Hall–Kier alpha value is -1.86. The standard InChI is InChI=1S/C27H40N4O2S/c1-27(2,3)22-11-9-20(10-12-22)25-29-24(33-30-25)19-31-16-13-21(14-17-31)26(32)28-15-18-34-23-7-5-4-6-8-23/h9-12,21,23H,4-8,13-19H2,1-3H3,(H,28,32). The summed E-state index contributed by atoms with van der Waals surface area (Å²) in [6.07, 6.45) is 8.61. The molecule has 6 nitrogen and oxygen atoms in total. The van der Waals surface area contributed by atoms with Crippen molar-refractivity contribution in [2.75, 3.05) is 25.4 Å². The van der Waals surface area contributed by atoms with Crippen LogP contribution in [0.2, 0.25) is 0 Å². The summed E-state index contributed by atoms with van der Waals surface area (Å²) < 4.78 is 5.52. The predicted molar refractivity (Wildman–Crippen MR) is 139 cm³/mol. The normalized spacial score (nSPS) is 18.8. The van der Waals surface area contributed by atoms with E-state index >= 15 is 0 Å². The molecule has 1 amide bonds. The van der Waals surface area contributed by atoms with Crippen molar-refractivity contribution < 1.29 is 9.32 Å². The van der Waals surface area contributed by atoms with Gasteiger partial charge in [-0.25, -0.2) is 0 Å². The van der Waals surface area contributed by atoms with E-state index in [0.29, 0.717) is 18.3 Å². The Morgan fingerprint density at radius 3 is 2.47 bits per heavy atom. The van der Waals surface area contributed by atoms with Gasteiger partial charge in [-0.2, -0.15) is 16.7 Å². The molecule has 1 N–H and O–H groups in total. The SMILES string of the molecule is CC(C)(C)c1ccc(-c2noc(CN3CCC(C(=O)NCCSC4CCCCC4)CC3)n2)cc1. The number of benzene rings is 1. The third-order valence-corrected chi connectivity index (χ3v) is 8.48. The molecule has 1 aliphatic heterocycles. The van der Waals surface area contributed by atoms with E-state index in [1.54, 1.807) is 0 Å². The predicted octanol–water partition coefficient (Wildman–Crippen LogP) is 5.43. The lowest BCUT2D eigenvalue weighted by Crippen LogP contribution is -2.40. The summed E-state index contributed by atoms with van der Waals surface area (Å²) in [5.74, 6) is 2.65. The summed E-state index contributed by atoms with van der Waals surface area (Å²) in [7, 11) is 0. The van der Waals surface area contributed by atoms with Crippen molar-refractivity contribution in [1.82, 2.24) is 20.4 Å². The van der Waals surface area contributed by atoms with Gasteiger partial charge in [-0.3, -0.25) is 9.69 Å². The molecular weight excluding hydrogens is 444 g/mol. The van der Waals surface area contributed by atoms with E-state index in [1.807, 2.05) is 11.8 Å². The van der Waals surface area contributed by atoms with Crippen molar-refractivity contribution in [3.8, 4) is 11.4 Å². The lowest BCUT2D eigenvalue weighted by atomic mass is 9.87. The summed E-state index contributed by atoms with van der Waals surface area (Å²) in [6.45, 7) is 9.82. The first-order chi connectivity index (χ1) is 16.4. The molecule has 0 atom stereocenters. The molecule has 1 aliphatic carbocycles. The van der Waals surface area contributed by atoms with E-state index in [9.17, 15) is 4.79 Å². The Morgan fingerprint density at radius 1 is 1.09 bits per heavy atom. The van der Waals surface area contributed by atoms with Crippen LogP contribution in [-0.2, 0) is 16.8 Å². The monoisotopic (exact) mass is 484 g/mol. The minimum atomic E-state index is 0.121. The Morgan fingerprint density at radius 2 is 1.79 bits per heavy atom. The maximum atomic E-state index is 12.6. The first-order valence-electron chi connectivity index (χ1n) is 12.9. The molecule has 4 rings (SSSR count). The van der Waals surface area contributed by atoms with E-state index in [1.165, 1.54) is 37.7 Å². The fourth-order valence-electron chi connectivity index (χ4n) is 4.88. The van der Waals surface area contributed by atoms with Gasteiger partial charge in [0.25, 0.3) is 0 Å². The molecule has 2 aliphatic rings. The van der Waals surface area contributed by atoms with Crippen molar-refractivity contribution in [3.05, 3.63) is 35.7 Å². The molecule has 2 fully saturated rings. The van der Waals surface area contributed by atoms with Crippen LogP contribution in [0.5, 0.6) is 0 Å². The average molecular weight is 485 g/mol. The number of piperidine rings is 1. The maximum absolute atomic E-state index is 12.6. The second-order valence-corrected chi connectivity index (χ2v) is 12.2. The highest BCUT2D eigenvalue weighted by Gasteiger charge is 2.26. The van der Waals surface area contributed by atoms with Gasteiger partial charge in [-0.15, -0.1) is 0 Å². The maximum Gasteiger partial charge on any atom is 0.241 e. The van der Waals surface area contributed by atoms with Crippen LogP contribution in [0.25, 0.3) is 11.4 Å². The second-order valence-electron chi connectivity index (χ2n) is 10.8. The number of nitrogens with zero attached hydrogens (tertiary/aromatic N) is 3. The molecule has 1 aromatic carbocycles. The fraction of sp³-hybridized carbons (Fsp3) is 0.667. The number of amides is 1. The first-order valence-corrected chi connectivity index (χ1v) is 14.0. The molecule has 1 aromatic heterocycles. The van der Waals surface area contributed by atoms with E-state index in [2.05, 4.69) is 65.4 Å². The number of aromatic nitrogens is 2. The fourth-order valence-corrected chi connectivity index (χ4v) is 6.10. The van der Waals surface area contributed by atoms with Gasteiger partial charge >= 0.3 is 0 Å². The molecule has 0 unspecified atom stereocenters. The van der Waals surface area contributed by atoms with Crippen LogP contribution in [0.15, 0.2) is 28.8 Å². The molecule has 2 heterocycles. The molecule has 0 bridgehead atoms. The van der Waals surface area contributed by atoms with Gasteiger partial charge in [0.15, 0.2) is 0 Å². The van der Waals surface area contributed by atoms with Crippen molar-refractivity contribution in [1.29, 1.82) is 0 Å². The van der Waals surface area contributed by atoms with Crippen LogP contribution < -0.4 is 5.32 Å². The molecule has 0 spiro atoms. The zero-order valence-electron chi connectivity index (χ0n) is 21.0. The minimum Gasteiger partial charge on any atom is -0.355 e. The Bertz CT molecular complexity index is 907. The summed E-state index contributed by atoms with van der Waals surface area (Å²) in [5, 5.41) is 8.16. The van der Waals surface area contributed by atoms with Gasteiger partial charge in [0.05, 0.1) is 6.54 Å². The number of hydrogen-bond donors (Lipinski definition) is 1. The highest BCUT2D eigenvalue weighted by atomic mass is 32.2. The first kappa shape index (κ1) is 25.2. The lowest BCUT2D eigenvalue weighted by molar-refractivity contribution is -0.126. The molecular formula is C27H40N4O2S. The number of hydrogen-bond acceptors (Lipinski definition) is 6. The van der Waals surface area contributed by atoms with Crippen LogP contribution in [0.4, 0.5) is 0 Å². The Balaban J connectivity index is 1.17.